The summed E-state index contributed by atoms with van der Waals surface area (Å²) in [6.45, 7) is 5.46. The van der Waals surface area contributed by atoms with E-state index in [0.717, 1.165) is 32.1 Å². The van der Waals surface area contributed by atoms with Gasteiger partial charge in [0.2, 0.25) is 10.0 Å². The van der Waals surface area contributed by atoms with Crippen molar-refractivity contribution in [3.63, 3.8) is 0 Å². The van der Waals surface area contributed by atoms with E-state index in [9.17, 15) is 13.2 Å². The normalized spacial score (nSPS) is 19.5. The number of anilines is 1. The van der Waals surface area contributed by atoms with E-state index in [1.165, 1.54) is 20.8 Å². The van der Waals surface area contributed by atoms with Crippen molar-refractivity contribution in [2.45, 2.75) is 50.8 Å². The number of fused-ring (bicyclic) bond motifs is 1. The van der Waals surface area contributed by atoms with Crippen molar-refractivity contribution < 1.29 is 17.9 Å². The number of amides is 1. The van der Waals surface area contributed by atoms with Gasteiger partial charge in [-0.2, -0.15) is 4.31 Å². The van der Waals surface area contributed by atoms with Crippen LogP contribution in [0, 0.1) is 5.92 Å². The van der Waals surface area contributed by atoms with Crippen molar-refractivity contribution >= 4 is 33.0 Å². The molecule has 1 aromatic carbocycles. The molecule has 1 aliphatic carbocycles. The van der Waals surface area contributed by atoms with Gasteiger partial charge in [-0.3, -0.25) is 4.79 Å². The van der Waals surface area contributed by atoms with Crippen LogP contribution in [0.1, 0.15) is 53.2 Å². The van der Waals surface area contributed by atoms with Crippen LogP contribution in [0.15, 0.2) is 29.2 Å². The SMILES string of the molecule is CCOc1ccc(NC(=O)c2cc3c(s2)CCC(C)C3)cc1S(=O)(=O)N1CCCC1. The first-order valence-electron chi connectivity index (χ1n) is 10.6. The van der Waals surface area contributed by atoms with E-state index in [2.05, 4.69) is 12.2 Å². The molecule has 6 nitrogen and oxygen atoms in total. The van der Waals surface area contributed by atoms with Crippen LogP contribution in [0.5, 0.6) is 5.75 Å². The third kappa shape index (κ3) is 4.26. The summed E-state index contributed by atoms with van der Waals surface area (Å²) in [5.74, 6) is 0.770. The standard InChI is InChI=1S/C22H28N2O4S2/c1-3-28-18-8-7-17(14-21(18)30(26,27)24-10-4-5-11-24)23-22(25)20-13-16-12-15(2)6-9-19(16)29-20/h7-8,13-15H,3-6,9-12H2,1-2H3,(H,23,25). The maximum atomic E-state index is 13.1. The second-order valence-electron chi connectivity index (χ2n) is 8.07. The van der Waals surface area contributed by atoms with Crippen LogP contribution in [0.3, 0.4) is 0 Å². The van der Waals surface area contributed by atoms with E-state index in [-0.39, 0.29) is 10.8 Å². The Bertz CT molecular complexity index is 1040. The lowest BCUT2D eigenvalue weighted by atomic mass is 9.90. The summed E-state index contributed by atoms with van der Waals surface area (Å²) in [7, 11) is -3.66. The maximum absolute atomic E-state index is 13.1. The Morgan fingerprint density at radius 2 is 2.03 bits per heavy atom. The molecular formula is C22H28N2O4S2. The molecular weight excluding hydrogens is 420 g/mol. The summed E-state index contributed by atoms with van der Waals surface area (Å²) >= 11 is 1.54. The van der Waals surface area contributed by atoms with Crippen LogP contribution in [-0.4, -0.2) is 38.3 Å². The smallest absolute Gasteiger partial charge is 0.265 e. The number of sulfonamides is 1. The Kier molecular flexibility index (Phi) is 6.18. The molecule has 4 rings (SSSR count). The van der Waals surface area contributed by atoms with E-state index >= 15 is 0 Å². The molecule has 2 aromatic rings. The highest BCUT2D eigenvalue weighted by Crippen LogP contribution is 2.34. The van der Waals surface area contributed by atoms with Crippen LogP contribution < -0.4 is 10.1 Å². The van der Waals surface area contributed by atoms with E-state index < -0.39 is 10.0 Å². The third-order valence-electron chi connectivity index (χ3n) is 5.74. The number of nitrogens with one attached hydrogen (secondary N) is 1. The summed E-state index contributed by atoms with van der Waals surface area (Å²) in [5, 5.41) is 2.88. The Hall–Kier alpha value is -1.90. The van der Waals surface area contributed by atoms with Crippen molar-refractivity contribution in [2.24, 2.45) is 5.92 Å². The number of rotatable bonds is 6. The molecule has 0 saturated carbocycles. The molecule has 1 fully saturated rings. The van der Waals surface area contributed by atoms with Gasteiger partial charge >= 0.3 is 0 Å². The molecule has 8 heteroatoms. The molecule has 1 saturated heterocycles. The maximum Gasteiger partial charge on any atom is 0.265 e. The van der Waals surface area contributed by atoms with Gasteiger partial charge in [0.25, 0.3) is 5.91 Å². The van der Waals surface area contributed by atoms with E-state index in [1.54, 1.807) is 23.5 Å². The zero-order valence-corrected chi connectivity index (χ0v) is 19.1. The molecule has 1 N–H and O–H groups in total. The molecule has 162 valence electrons. The molecule has 0 bridgehead atoms. The summed E-state index contributed by atoms with van der Waals surface area (Å²) in [5.41, 5.74) is 1.73. The predicted octanol–water partition coefficient (Wildman–Crippen LogP) is 4.31. The fourth-order valence-corrected chi connectivity index (χ4v) is 6.92. The van der Waals surface area contributed by atoms with Crippen LogP contribution in [-0.2, 0) is 22.9 Å². The molecule has 1 amide bonds. The Labute approximate surface area is 182 Å². The lowest BCUT2D eigenvalue weighted by Gasteiger charge is -2.19. The van der Waals surface area contributed by atoms with Gasteiger partial charge in [0.15, 0.2) is 0 Å². The van der Waals surface area contributed by atoms with Gasteiger partial charge in [0, 0.05) is 23.7 Å². The topological polar surface area (TPSA) is 75.7 Å². The molecule has 0 spiro atoms. The summed E-state index contributed by atoms with van der Waals surface area (Å²) in [6.07, 6.45) is 4.92. The monoisotopic (exact) mass is 448 g/mol. The van der Waals surface area contributed by atoms with Crippen LogP contribution in [0.2, 0.25) is 0 Å². The molecule has 1 unspecified atom stereocenters. The van der Waals surface area contributed by atoms with E-state index in [1.807, 2.05) is 13.0 Å². The summed E-state index contributed by atoms with van der Waals surface area (Å²) < 4.78 is 33.3. The number of hydrogen-bond donors (Lipinski definition) is 1. The number of hydrogen-bond acceptors (Lipinski definition) is 5. The predicted molar refractivity (Wildman–Crippen MR) is 119 cm³/mol. The Morgan fingerprint density at radius 1 is 1.27 bits per heavy atom. The van der Waals surface area contributed by atoms with Crippen LogP contribution in [0.4, 0.5) is 5.69 Å². The molecule has 30 heavy (non-hydrogen) atoms. The van der Waals surface area contributed by atoms with Gasteiger partial charge in [-0.15, -0.1) is 11.3 Å². The average Bonchev–Trinajstić information content (AvgIpc) is 3.39. The third-order valence-corrected chi connectivity index (χ3v) is 8.89. The van der Waals surface area contributed by atoms with Gasteiger partial charge in [-0.1, -0.05) is 6.92 Å². The second kappa shape index (κ2) is 8.69. The lowest BCUT2D eigenvalue weighted by molar-refractivity contribution is 0.103. The van der Waals surface area contributed by atoms with Gasteiger partial charge in [-0.25, -0.2) is 8.42 Å². The first kappa shape index (κ1) is 21.3. The van der Waals surface area contributed by atoms with Gasteiger partial charge in [-0.05, 0) is 74.8 Å². The van der Waals surface area contributed by atoms with Gasteiger partial charge < -0.3 is 10.1 Å². The number of carbonyl (C=O) groups excluding carboxylic acids is 1. The fourth-order valence-electron chi connectivity index (χ4n) is 4.14. The van der Waals surface area contributed by atoms with Crippen molar-refractivity contribution in [3.8, 4) is 5.75 Å². The number of ether oxygens (including phenoxy) is 1. The highest BCUT2D eigenvalue weighted by molar-refractivity contribution is 7.89. The zero-order valence-electron chi connectivity index (χ0n) is 17.4. The number of nitrogens with zero attached hydrogens (tertiary/aromatic N) is 1. The minimum absolute atomic E-state index is 0.114. The zero-order chi connectivity index (χ0) is 21.3. The minimum Gasteiger partial charge on any atom is -0.492 e. The number of benzene rings is 1. The van der Waals surface area contributed by atoms with Crippen molar-refractivity contribution in [3.05, 3.63) is 39.6 Å². The van der Waals surface area contributed by atoms with E-state index in [4.69, 9.17) is 4.74 Å². The molecule has 1 atom stereocenters. The molecule has 0 radical (unpaired) electrons. The van der Waals surface area contributed by atoms with E-state index in [0.29, 0.717) is 41.9 Å². The quantitative estimate of drug-likeness (QED) is 0.715. The number of carbonyl (C=O) groups is 1. The van der Waals surface area contributed by atoms with Crippen molar-refractivity contribution in [2.75, 3.05) is 25.0 Å². The second-order valence-corrected chi connectivity index (χ2v) is 11.1. The Morgan fingerprint density at radius 3 is 2.77 bits per heavy atom. The average molecular weight is 449 g/mol. The van der Waals surface area contributed by atoms with Crippen LogP contribution >= 0.6 is 11.3 Å². The van der Waals surface area contributed by atoms with Crippen molar-refractivity contribution in [1.82, 2.24) is 4.31 Å². The molecule has 2 heterocycles. The highest BCUT2D eigenvalue weighted by Gasteiger charge is 2.30. The first-order chi connectivity index (χ1) is 14.4. The van der Waals surface area contributed by atoms with Gasteiger partial charge in [0.05, 0.1) is 11.5 Å². The summed E-state index contributed by atoms with van der Waals surface area (Å²) in [4.78, 5) is 14.9. The first-order valence-corrected chi connectivity index (χ1v) is 12.8. The minimum atomic E-state index is -3.66. The number of thiophene rings is 1. The Balaban J connectivity index is 1.59. The number of aryl methyl sites for hydroxylation is 1. The largest absolute Gasteiger partial charge is 0.492 e. The summed E-state index contributed by atoms with van der Waals surface area (Å²) in [6, 6.07) is 6.83. The van der Waals surface area contributed by atoms with Gasteiger partial charge in [0.1, 0.15) is 10.6 Å². The molecule has 1 aromatic heterocycles. The highest BCUT2D eigenvalue weighted by atomic mass is 32.2. The lowest BCUT2D eigenvalue weighted by Crippen LogP contribution is -2.28. The van der Waals surface area contributed by atoms with Crippen LogP contribution in [0.25, 0.3) is 0 Å². The fraction of sp³-hybridized carbons (Fsp3) is 0.500. The molecule has 2 aliphatic rings. The van der Waals surface area contributed by atoms with Crippen molar-refractivity contribution in [1.29, 1.82) is 0 Å². The molecule has 1 aliphatic heterocycles.